The van der Waals surface area contributed by atoms with Crippen molar-refractivity contribution in [2.45, 2.75) is 13.8 Å². The first-order valence-corrected chi connectivity index (χ1v) is 4.40. The highest BCUT2D eigenvalue weighted by atomic mass is 14.9. The minimum atomic E-state index is 1.18. The van der Waals surface area contributed by atoms with Crippen LogP contribution in [0.2, 0.25) is 0 Å². The van der Waals surface area contributed by atoms with Crippen LogP contribution >= 0.6 is 0 Å². The summed E-state index contributed by atoms with van der Waals surface area (Å²) < 4.78 is 0. The number of hydrogen-bond donors (Lipinski definition) is 3. The van der Waals surface area contributed by atoms with Gasteiger partial charge in [-0.2, -0.15) is 0 Å². The SMILES string of the molecule is Cc1cc2[nH]c3cc(C)[nH]c3c2[nH]1. The molecule has 66 valence electrons. The van der Waals surface area contributed by atoms with Crippen LogP contribution in [0.25, 0.3) is 22.1 Å². The van der Waals surface area contributed by atoms with E-state index < -0.39 is 0 Å². The van der Waals surface area contributed by atoms with E-state index in [0.29, 0.717) is 0 Å². The van der Waals surface area contributed by atoms with Crippen LogP contribution < -0.4 is 0 Å². The van der Waals surface area contributed by atoms with E-state index in [-0.39, 0.29) is 0 Å². The van der Waals surface area contributed by atoms with Gasteiger partial charge >= 0.3 is 0 Å². The maximum absolute atomic E-state index is 3.36. The van der Waals surface area contributed by atoms with Gasteiger partial charge in [-0.1, -0.05) is 0 Å². The Balaban J connectivity index is 2.56. The minimum Gasteiger partial charge on any atom is -0.356 e. The average Bonchev–Trinajstić information content (AvgIpc) is 2.60. The maximum atomic E-state index is 3.36. The van der Waals surface area contributed by atoms with E-state index in [2.05, 4.69) is 40.9 Å². The molecule has 0 spiro atoms. The van der Waals surface area contributed by atoms with Crippen molar-refractivity contribution in [2.24, 2.45) is 0 Å². The number of hydrogen-bond acceptors (Lipinski definition) is 0. The van der Waals surface area contributed by atoms with E-state index in [0.717, 1.165) is 0 Å². The Labute approximate surface area is 75.2 Å². The fourth-order valence-electron chi connectivity index (χ4n) is 1.92. The third-order valence-corrected chi connectivity index (χ3v) is 2.42. The van der Waals surface area contributed by atoms with Crippen molar-refractivity contribution in [1.82, 2.24) is 15.0 Å². The Morgan fingerprint density at radius 2 is 1.23 bits per heavy atom. The van der Waals surface area contributed by atoms with Gasteiger partial charge in [0, 0.05) is 11.4 Å². The van der Waals surface area contributed by atoms with Crippen molar-refractivity contribution < 1.29 is 0 Å². The highest BCUT2D eigenvalue weighted by Gasteiger charge is 2.07. The summed E-state index contributed by atoms with van der Waals surface area (Å²) >= 11 is 0. The molecule has 0 saturated carbocycles. The highest BCUT2D eigenvalue weighted by Crippen LogP contribution is 2.24. The summed E-state index contributed by atoms with van der Waals surface area (Å²) in [5.74, 6) is 0. The van der Waals surface area contributed by atoms with E-state index in [1.165, 1.54) is 33.5 Å². The summed E-state index contributed by atoms with van der Waals surface area (Å²) in [5, 5.41) is 0. The molecule has 0 unspecified atom stereocenters. The molecule has 13 heavy (non-hydrogen) atoms. The first-order valence-electron chi connectivity index (χ1n) is 4.40. The van der Waals surface area contributed by atoms with Crippen molar-refractivity contribution in [2.75, 3.05) is 0 Å². The molecule has 0 aliphatic carbocycles. The van der Waals surface area contributed by atoms with E-state index in [1.807, 2.05) is 0 Å². The maximum Gasteiger partial charge on any atom is 0.0882 e. The summed E-state index contributed by atoms with van der Waals surface area (Å²) in [6, 6.07) is 4.25. The van der Waals surface area contributed by atoms with Crippen LogP contribution in [0.4, 0.5) is 0 Å². The Hall–Kier alpha value is -1.64. The Kier molecular flexibility index (Phi) is 1.05. The van der Waals surface area contributed by atoms with Gasteiger partial charge in [0.2, 0.25) is 0 Å². The first-order chi connectivity index (χ1) is 6.24. The normalized spacial score (nSPS) is 11.8. The topological polar surface area (TPSA) is 47.4 Å². The highest BCUT2D eigenvalue weighted by molar-refractivity contribution is 6.03. The molecule has 3 heteroatoms. The predicted molar refractivity (Wildman–Crippen MR) is 54.0 cm³/mol. The van der Waals surface area contributed by atoms with Gasteiger partial charge in [0.25, 0.3) is 0 Å². The van der Waals surface area contributed by atoms with E-state index in [9.17, 15) is 0 Å². The van der Waals surface area contributed by atoms with Crippen LogP contribution in [0.5, 0.6) is 0 Å². The number of aromatic nitrogens is 3. The van der Waals surface area contributed by atoms with Gasteiger partial charge in [0.15, 0.2) is 0 Å². The lowest BCUT2D eigenvalue weighted by Gasteiger charge is -1.81. The molecule has 3 aromatic rings. The van der Waals surface area contributed by atoms with E-state index in [1.54, 1.807) is 0 Å². The average molecular weight is 173 g/mol. The van der Waals surface area contributed by atoms with E-state index >= 15 is 0 Å². The lowest BCUT2D eigenvalue weighted by Crippen LogP contribution is -1.69. The van der Waals surface area contributed by atoms with Crippen molar-refractivity contribution in [3.8, 4) is 0 Å². The third-order valence-electron chi connectivity index (χ3n) is 2.42. The van der Waals surface area contributed by atoms with Crippen LogP contribution in [-0.4, -0.2) is 15.0 Å². The molecule has 0 aliphatic rings. The molecular formula is C10H11N3. The second-order valence-electron chi connectivity index (χ2n) is 3.61. The molecule has 0 saturated heterocycles. The lowest BCUT2D eigenvalue weighted by molar-refractivity contribution is 1.28. The van der Waals surface area contributed by atoms with Gasteiger partial charge in [-0.25, -0.2) is 0 Å². The number of fused-ring (bicyclic) bond motifs is 3. The van der Waals surface area contributed by atoms with E-state index in [4.69, 9.17) is 0 Å². The number of H-pyrrole nitrogens is 3. The molecule has 0 bridgehead atoms. The molecular weight excluding hydrogens is 162 g/mol. The Bertz CT molecular complexity index is 529. The number of aryl methyl sites for hydroxylation is 2. The summed E-state index contributed by atoms with van der Waals surface area (Å²) in [4.78, 5) is 10.0. The lowest BCUT2D eigenvalue weighted by atomic mass is 10.4. The Morgan fingerprint density at radius 3 is 1.69 bits per heavy atom. The van der Waals surface area contributed by atoms with Crippen LogP contribution in [0.1, 0.15) is 11.4 Å². The zero-order chi connectivity index (χ0) is 9.00. The molecule has 3 heterocycles. The van der Waals surface area contributed by atoms with Gasteiger partial charge in [-0.3, -0.25) is 0 Å². The van der Waals surface area contributed by atoms with Gasteiger partial charge in [-0.15, -0.1) is 0 Å². The van der Waals surface area contributed by atoms with Crippen LogP contribution in [0, 0.1) is 13.8 Å². The standard InChI is InChI=1S/C10H11N3/c1-5-3-7-9(11-5)10-8(13-7)4-6(2)12-10/h3-4,11-13H,1-2H3. The zero-order valence-corrected chi connectivity index (χ0v) is 7.65. The van der Waals surface area contributed by atoms with Crippen LogP contribution in [-0.2, 0) is 0 Å². The zero-order valence-electron chi connectivity index (χ0n) is 7.65. The molecule has 3 rings (SSSR count). The van der Waals surface area contributed by atoms with Crippen molar-refractivity contribution in [1.29, 1.82) is 0 Å². The monoisotopic (exact) mass is 173 g/mol. The summed E-state index contributed by atoms with van der Waals surface area (Å²) in [6.45, 7) is 4.13. The van der Waals surface area contributed by atoms with Gasteiger partial charge in [0.05, 0.1) is 22.1 Å². The quantitative estimate of drug-likeness (QED) is 0.468. The van der Waals surface area contributed by atoms with Crippen LogP contribution in [0.3, 0.4) is 0 Å². The van der Waals surface area contributed by atoms with Gasteiger partial charge in [-0.05, 0) is 26.0 Å². The number of aromatic amines is 3. The molecule has 3 aromatic heterocycles. The number of nitrogens with one attached hydrogen (secondary N) is 3. The summed E-state index contributed by atoms with van der Waals surface area (Å²) in [5.41, 5.74) is 7.10. The third kappa shape index (κ3) is 0.786. The van der Waals surface area contributed by atoms with Crippen molar-refractivity contribution >= 4 is 22.1 Å². The molecule has 0 aliphatic heterocycles. The van der Waals surface area contributed by atoms with Crippen LogP contribution in [0.15, 0.2) is 12.1 Å². The molecule has 0 fully saturated rings. The summed E-state index contributed by atoms with van der Waals surface area (Å²) in [7, 11) is 0. The summed E-state index contributed by atoms with van der Waals surface area (Å²) in [6.07, 6.45) is 0. The number of rotatable bonds is 0. The Morgan fingerprint density at radius 1 is 0.769 bits per heavy atom. The fourth-order valence-corrected chi connectivity index (χ4v) is 1.92. The van der Waals surface area contributed by atoms with Crippen molar-refractivity contribution in [3.05, 3.63) is 23.5 Å². The molecule has 0 aromatic carbocycles. The van der Waals surface area contributed by atoms with Crippen molar-refractivity contribution in [3.63, 3.8) is 0 Å². The molecule has 0 radical (unpaired) electrons. The second-order valence-corrected chi connectivity index (χ2v) is 3.61. The minimum absolute atomic E-state index is 1.18. The van der Waals surface area contributed by atoms with Gasteiger partial charge in [0.1, 0.15) is 0 Å². The smallest absolute Gasteiger partial charge is 0.0882 e. The predicted octanol–water partition coefficient (Wildman–Crippen LogP) is 2.59. The molecule has 3 nitrogen and oxygen atoms in total. The van der Waals surface area contributed by atoms with Gasteiger partial charge < -0.3 is 15.0 Å². The molecule has 3 N–H and O–H groups in total. The first kappa shape index (κ1) is 6.83. The fraction of sp³-hybridized carbons (Fsp3) is 0.200. The second kappa shape index (κ2) is 1.99. The largest absolute Gasteiger partial charge is 0.356 e. The molecule has 0 amide bonds. The molecule has 0 atom stereocenters.